The maximum atomic E-state index is 9.35. The first kappa shape index (κ1) is 11.1. The van der Waals surface area contributed by atoms with Crippen LogP contribution in [0.25, 0.3) is 0 Å². The minimum atomic E-state index is 0.0480. The molecule has 0 saturated heterocycles. The van der Waals surface area contributed by atoms with Gasteiger partial charge in [-0.05, 0) is 30.4 Å². The van der Waals surface area contributed by atoms with Crippen molar-refractivity contribution >= 4 is 0 Å². The summed E-state index contributed by atoms with van der Waals surface area (Å²) in [5.41, 5.74) is 1.09. The van der Waals surface area contributed by atoms with E-state index in [1.165, 1.54) is 38.5 Å². The molecule has 1 aliphatic carbocycles. The van der Waals surface area contributed by atoms with Crippen molar-refractivity contribution in [3.05, 3.63) is 30.1 Å². The molecule has 1 unspecified atom stereocenters. The molecule has 0 aromatic carbocycles. The highest BCUT2D eigenvalue weighted by Crippen LogP contribution is 2.34. The molecule has 0 aliphatic heterocycles. The third kappa shape index (κ3) is 2.61. The zero-order valence-electron chi connectivity index (χ0n) is 9.60. The van der Waals surface area contributed by atoms with Crippen molar-refractivity contribution in [1.82, 2.24) is 4.98 Å². The van der Waals surface area contributed by atoms with Gasteiger partial charge >= 0.3 is 0 Å². The SMILES string of the molecule is N#CC(c1cccnc1)C1CCCCCC1. The molecule has 16 heavy (non-hydrogen) atoms. The first-order valence-electron chi connectivity index (χ1n) is 6.21. The Hall–Kier alpha value is -1.36. The van der Waals surface area contributed by atoms with Crippen LogP contribution in [0.15, 0.2) is 24.5 Å². The monoisotopic (exact) mass is 214 g/mol. The molecule has 0 bridgehead atoms. The van der Waals surface area contributed by atoms with Crippen LogP contribution in [-0.2, 0) is 0 Å². The van der Waals surface area contributed by atoms with Crippen LogP contribution in [0, 0.1) is 17.2 Å². The van der Waals surface area contributed by atoms with Gasteiger partial charge in [0.25, 0.3) is 0 Å². The van der Waals surface area contributed by atoms with Crippen LogP contribution in [0.3, 0.4) is 0 Å². The molecule has 1 aliphatic rings. The summed E-state index contributed by atoms with van der Waals surface area (Å²) in [4.78, 5) is 4.12. The topological polar surface area (TPSA) is 36.7 Å². The van der Waals surface area contributed by atoms with Crippen LogP contribution < -0.4 is 0 Å². The summed E-state index contributed by atoms with van der Waals surface area (Å²) in [7, 11) is 0. The molecule has 2 heteroatoms. The number of pyridine rings is 1. The Bertz CT molecular complexity index is 345. The van der Waals surface area contributed by atoms with E-state index in [1.54, 1.807) is 6.20 Å². The summed E-state index contributed by atoms with van der Waals surface area (Å²) in [5.74, 6) is 0.587. The molecule has 0 radical (unpaired) electrons. The first-order chi connectivity index (χ1) is 7.92. The predicted octanol–water partition coefficient (Wildman–Crippen LogP) is 3.66. The van der Waals surface area contributed by atoms with E-state index in [-0.39, 0.29) is 5.92 Å². The average Bonchev–Trinajstić information content (AvgIpc) is 2.61. The fourth-order valence-electron chi connectivity index (χ4n) is 2.66. The first-order valence-corrected chi connectivity index (χ1v) is 6.21. The van der Waals surface area contributed by atoms with Crippen LogP contribution >= 0.6 is 0 Å². The van der Waals surface area contributed by atoms with Gasteiger partial charge in [-0.25, -0.2) is 0 Å². The van der Waals surface area contributed by atoms with E-state index < -0.39 is 0 Å². The lowest BCUT2D eigenvalue weighted by molar-refractivity contribution is 0.424. The largest absolute Gasteiger partial charge is 0.264 e. The number of aromatic nitrogens is 1. The highest BCUT2D eigenvalue weighted by atomic mass is 14.6. The molecule has 2 rings (SSSR count). The second kappa shape index (κ2) is 5.65. The van der Waals surface area contributed by atoms with Gasteiger partial charge in [0.05, 0.1) is 12.0 Å². The van der Waals surface area contributed by atoms with Crippen molar-refractivity contribution in [1.29, 1.82) is 5.26 Å². The zero-order chi connectivity index (χ0) is 11.2. The van der Waals surface area contributed by atoms with Gasteiger partial charge in [0, 0.05) is 12.4 Å². The Morgan fingerprint density at radius 3 is 2.56 bits per heavy atom. The van der Waals surface area contributed by atoms with Gasteiger partial charge in [-0.1, -0.05) is 31.7 Å². The molecule has 0 amide bonds. The normalized spacial score (nSPS) is 19.7. The van der Waals surface area contributed by atoms with Crippen molar-refractivity contribution in [3.8, 4) is 6.07 Å². The average molecular weight is 214 g/mol. The van der Waals surface area contributed by atoms with Crippen molar-refractivity contribution in [2.24, 2.45) is 5.92 Å². The summed E-state index contributed by atoms with van der Waals surface area (Å²) in [6.07, 6.45) is 11.2. The molecule has 1 saturated carbocycles. The smallest absolute Gasteiger partial charge is 0.0755 e. The van der Waals surface area contributed by atoms with Gasteiger partial charge in [0.2, 0.25) is 0 Å². The molecular weight excluding hydrogens is 196 g/mol. The van der Waals surface area contributed by atoms with Crippen molar-refractivity contribution in [2.45, 2.75) is 44.4 Å². The Morgan fingerprint density at radius 2 is 2.00 bits per heavy atom. The van der Waals surface area contributed by atoms with Gasteiger partial charge in [0.1, 0.15) is 0 Å². The van der Waals surface area contributed by atoms with Gasteiger partial charge in [-0.2, -0.15) is 5.26 Å². The van der Waals surface area contributed by atoms with Gasteiger partial charge in [-0.3, -0.25) is 4.98 Å². The van der Waals surface area contributed by atoms with Crippen LogP contribution in [0.2, 0.25) is 0 Å². The molecule has 2 nitrogen and oxygen atoms in total. The molecule has 0 spiro atoms. The summed E-state index contributed by atoms with van der Waals surface area (Å²) in [5, 5.41) is 9.35. The second-order valence-electron chi connectivity index (χ2n) is 4.64. The Morgan fingerprint density at radius 1 is 1.25 bits per heavy atom. The molecular formula is C14H18N2. The highest BCUT2D eigenvalue weighted by molar-refractivity contribution is 5.22. The van der Waals surface area contributed by atoms with E-state index in [2.05, 4.69) is 11.1 Å². The lowest BCUT2D eigenvalue weighted by Crippen LogP contribution is -2.11. The Kier molecular flexibility index (Phi) is 3.93. The summed E-state index contributed by atoms with van der Waals surface area (Å²) < 4.78 is 0. The Labute approximate surface area is 97.3 Å². The van der Waals surface area contributed by atoms with Crippen molar-refractivity contribution < 1.29 is 0 Å². The van der Waals surface area contributed by atoms with E-state index >= 15 is 0 Å². The molecule has 1 aromatic heterocycles. The van der Waals surface area contributed by atoms with Crippen LogP contribution in [0.4, 0.5) is 0 Å². The molecule has 1 aromatic rings. The van der Waals surface area contributed by atoms with Gasteiger partial charge in [0.15, 0.2) is 0 Å². The zero-order valence-corrected chi connectivity index (χ0v) is 9.60. The number of nitriles is 1. The van der Waals surface area contributed by atoms with E-state index in [0.717, 1.165) is 5.56 Å². The van der Waals surface area contributed by atoms with Crippen molar-refractivity contribution in [2.75, 3.05) is 0 Å². The minimum Gasteiger partial charge on any atom is -0.264 e. The van der Waals surface area contributed by atoms with E-state index in [0.29, 0.717) is 5.92 Å². The highest BCUT2D eigenvalue weighted by Gasteiger charge is 2.23. The third-order valence-electron chi connectivity index (χ3n) is 3.55. The van der Waals surface area contributed by atoms with Gasteiger partial charge < -0.3 is 0 Å². The quantitative estimate of drug-likeness (QED) is 0.704. The maximum Gasteiger partial charge on any atom is 0.0755 e. The van der Waals surface area contributed by atoms with Gasteiger partial charge in [-0.15, -0.1) is 0 Å². The molecule has 1 atom stereocenters. The summed E-state index contributed by atoms with van der Waals surface area (Å²) in [6, 6.07) is 6.44. The second-order valence-corrected chi connectivity index (χ2v) is 4.64. The van der Waals surface area contributed by atoms with E-state index in [4.69, 9.17) is 0 Å². The third-order valence-corrected chi connectivity index (χ3v) is 3.55. The lowest BCUT2D eigenvalue weighted by atomic mass is 9.83. The summed E-state index contributed by atoms with van der Waals surface area (Å²) >= 11 is 0. The van der Waals surface area contributed by atoms with Crippen LogP contribution in [-0.4, -0.2) is 4.98 Å². The Balaban J connectivity index is 2.13. The molecule has 1 fully saturated rings. The fraction of sp³-hybridized carbons (Fsp3) is 0.571. The lowest BCUT2D eigenvalue weighted by Gasteiger charge is -2.19. The molecule has 84 valence electrons. The summed E-state index contributed by atoms with van der Waals surface area (Å²) in [6.45, 7) is 0. The molecule has 0 N–H and O–H groups in total. The van der Waals surface area contributed by atoms with Crippen molar-refractivity contribution in [3.63, 3.8) is 0 Å². The fourth-order valence-corrected chi connectivity index (χ4v) is 2.66. The number of hydrogen-bond donors (Lipinski definition) is 0. The standard InChI is InChI=1S/C14H18N2/c15-10-14(13-8-5-9-16-11-13)12-6-3-1-2-4-7-12/h5,8-9,11-12,14H,1-4,6-7H2. The van der Waals surface area contributed by atoms with E-state index in [9.17, 15) is 5.26 Å². The van der Waals surface area contributed by atoms with Crippen LogP contribution in [0.1, 0.15) is 50.0 Å². The van der Waals surface area contributed by atoms with Crippen LogP contribution in [0.5, 0.6) is 0 Å². The minimum absolute atomic E-state index is 0.0480. The number of nitrogens with zero attached hydrogens (tertiary/aromatic N) is 2. The van der Waals surface area contributed by atoms with E-state index in [1.807, 2.05) is 18.3 Å². The number of rotatable bonds is 2. The maximum absolute atomic E-state index is 9.35. The molecule has 1 heterocycles. The predicted molar refractivity (Wildman–Crippen MR) is 63.8 cm³/mol. The number of hydrogen-bond acceptors (Lipinski definition) is 2.